The third-order valence-corrected chi connectivity index (χ3v) is 8.05. The van der Waals surface area contributed by atoms with Gasteiger partial charge in [-0.05, 0) is 52.3 Å². The summed E-state index contributed by atoms with van der Waals surface area (Å²) in [4.78, 5) is 41.5. The van der Waals surface area contributed by atoms with Gasteiger partial charge in [0.25, 0.3) is 0 Å². The van der Waals surface area contributed by atoms with Crippen molar-refractivity contribution in [2.45, 2.75) is 31.8 Å². The number of carboxylic acid groups (broad SMARTS) is 1. The van der Waals surface area contributed by atoms with Crippen LogP contribution in [0.25, 0.3) is 11.1 Å². The number of fused-ring (bicyclic) bond motifs is 4. The van der Waals surface area contributed by atoms with Gasteiger partial charge in [-0.3, -0.25) is 19.7 Å². The van der Waals surface area contributed by atoms with Crippen molar-refractivity contribution in [3.8, 4) is 11.1 Å². The number of nitrogens with one attached hydrogen (secondary N) is 1. The van der Waals surface area contributed by atoms with E-state index in [4.69, 9.17) is 0 Å². The van der Waals surface area contributed by atoms with Crippen molar-refractivity contribution in [3.63, 3.8) is 0 Å². The smallest absolute Gasteiger partial charge is 0.325 e. The van der Waals surface area contributed by atoms with Crippen LogP contribution in [0.2, 0.25) is 0 Å². The van der Waals surface area contributed by atoms with Crippen molar-refractivity contribution < 1.29 is 19.5 Å². The lowest BCUT2D eigenvalue weighted by atomic mass is 9.73. The Morgan fingerprint density at radius 2 is 1.63 bits per heavy atom. The lowest BCUT2D eigenvalue weighted by molar-refractivity contribution is -0.151. The fourth-order valence-electron chi connectivity index (χ4n) is 6.39. The van der Waals surface area contributed by atoms with Gasteiger partial charge in [-0.25, -0.2) is 4.90 Å². The number of anilines is 1. The number of carbonyl (C=O) groups excluding carboxylic acids is 2. The van der Waals surface area contributed by atoms with Crippen molar-refractivity contribution in [3.05, 3.63) is 89.5 Å². The van der Waals surface area contributed by atoms with Crippen molar-refractivity contribution in [2.75, 3.05) is 4.90 Å². The van der Waals surface area contributed by atoms with E-state index < -0.39 is 41.2 Å². The highest BCUT2D eigenvalue weighted by Gasteiger charge is 2.69. The SMILES string of the molecule is CC(C)C1(C(=O)O)NC(c2ccc3c(c2)Cc2ccccc2-3)C2C(=O)N(c3ccccc3)C(=O)C21. The number of para-hydroxylation sites is 1. The first-order valence-corrected chi connectivity index (χ1v) is 12.0. The molecular formula is C29H26N2O4. The first-order valence-electron chi connectivity index (χ1n) is 12.0. The van der Waals surface area contributed by atoms with E-state index in [0.717, 1.165) is 23.1 Å². The minimum Gasteiger partial charge on any atom is -0.480 e. The summed E-state index contributed by atoms with van der Waals surface area (Å²) >= 11 is 0. The predicted molar refractivity (Wildman–Crippen MR) is 132 cm³/mol. The van der Waals surface area contributed by atoms with Crippen LogP contribution in [0.5, 0.6) is 0 Å². The molecule has 0 saturated carbocycles. The van der Waals surface area contributed by atoms with E-state index in [1.807, 2.05) is 24.3 Å². The third kappa shape index (κ3) is 2.89. The minimum atomic E-state index is -1.55. The van der Waals surface area contributed by atoms with E-state index in [0.29, 0.717) is 5.69 Å². The van der Waals surface area contributed by atoms with Crippen LogP contribution in [-0.4, -0.2) is 28.4 Å². The fourth-order valence-corrected chi connectivity index (χ4v) is 6.39. The minimum absolute atomic E-state index is 0.351. The number of aliphatic carboxylic acids is 1. The molecule has 6 heteroatoms. The largest absolute Gasteiger partial charge is 0.480 e. The fraction of sp³-hybridized carbons (Fsp3) is 0.276. The molecule has 2 heterocycles. The van der Waals surface area contributed by atoms with E-state index in [2.05, 4.69) is 29.6 Å². The Labute approximate surface area is 203 Å². The molecule has 35 heavy (non-hydrogen) atoms. The molecule has 6 rings (SSSR count). The molecule has 0 aromatic heterocycles. The van der Waals surface area contributed by atoms with Gasteiger partial charge in [-0.1, -0.05) is 74.5 Å². The second-order valence-electron chi connectivity index (χ2n) is 10.1. The molecule has 4 atom stereocenters. The van der Waals surface area contributed by atoms with Crippen LogP contribution in [0.3, 0.4) is 0 Å². The number of hydrogen-bond acceptors (Lipinski definition) is 4. The second-order valence-corrected chi connectivity index (χ2v) is 10.1. The molecule has 3 aromatic carbocycles. The monoisotopic (exact) mass is 466 g/mol. The number of benzene rings is 3. The van der Waals surface area contributed by atoms with E-state index in [9.17, 15) is 19.5 Å². The summed E-state index contributed by atoms with van der Waals surface area (Å²) in [5.41, 5.74) is 4.53. The zero-order valence-corrected chi connectivity index (χ0v) is 19.6. The third-order valence-electron chi connectivity index (χ3n) is 8.05. The van der Waals surface area contributed by atoms with Crippen LogP contribution in [0.1, 0.15) is 36.6 Å². The Morgan fingerprint density at radius 1 is 0.943 bits per heavy atom. The number of nitrogens with zero attached hydrogens (tertiary/aromatic N) is 1. The van der Waals surface area contributed by atoms with Gasteiger partial charge >= 0.3 is 5.97 Å². The van der Waals surface area contributed by atoms with Gasteiger partial charge in [-0.2, -0.15) is 0 Å². The molecule has 2 amide bonds. The Morgan fingerprint density at radius 3 is 2.34 bits per heavy atom. The zero-order valence-electron chi connectivity index (χ0n) is 19.6. The van der Waals surface area contributed by atoms with Crippen LogP contribution in [-0.2, 0) is 20.8 Å². The zero-order chi connectivity index (χ0) is 24.5. The predicted octanol–water partition coefficient (Wildman–Crippen LogP) is 4.19. The van der Waals surface area contributed by atoms with Crippen molar-refractivity contribution >= 4 is 23.5 Å². The number of imide groups is 1. The van der Waals surface area contributed by atoms with E-state index in [-0.39, 0.29) is 5.91 Å². The van der Waals surface area contributed by atoms with Crippen LogP contribution in [0.15, 0.2) is 72.8 Å². The molecule has 0 bridgehead atoms. The highest BCUT2D eigenvalue weighted by Crippen LogP contribution is 2.52. The maximum atomic E-state index is 13.8. The van der Waals surface area contributed by atoms with E-state index in [1.54, 1.807) is 38.1 Å². The highest BCUT2D eigenvalue weighted by molar-refractivity contribution is 6.24. The van der Waals surface area contributed by atoms with Crippen LogP contribution in [0, 0.1) is 17.8 Å². The maximum Gasteiger partial charge on any atom is 0.325 e. The summed E-state index contributed by atoms with van der Waals surface area (Å²) in [6.07, 6.45) is 0.789. The Hall–Kier alpha value is -3.77. The lowest BCUT2D eigenvalue weighted by Gasteiger charge is -2.34. The number of amides is 2. The van der Waals surface area contributed by atoms with Crippen molar-refractivity contribution in [1.82, 2.24) is 5.32 Å². The molecule has 0 radical (unpaired) electrons. The average Bonchev–Trinajstić information content (AvgIpc) is 3.48. The standard InChI is InChI=1S/C29H26N2O4/c1-16(2)29(28(34)35)24-23(26(32)31(27(24)33)20-9-4-3-5-10-20)25(30-29)18-12-13-22-19(15-18)14-17-8-6-7-11-21(17)22/h3-13,15-16,23-25,30H,14H2,1-2H3,(H,34,35). The summed E-state index contributed by atoms with van der Waals surface area (Å²) in [6.45, 7) is 3.59. The average molecular weight is 467 g/mol. The summed E-state index contributed by atoms with van der Waals surface area (Å²) in [7, 11) is 0. The summed E-state index contributed by atoms with van der Waals surface area (Å²) in [6, 6.07) is 22.6. The topological polar surface area (TPSA) is 86.7 Å². The first kappa shape index (κ1) is 21.7. The number of rotatable bonds is 4. The number of carbonyl (C=O) groups is 3. The molecule has 6 nitrogen and oxygen atoms in total. The normalized spacial score (nSPS) is 26.7. The summed E-state index contributed by atoms with van der Waals surface area (Å²) < 4.78 is 0. The molecule has 0 spiro atoms. The molecule has 2 fully saturated rings. The molecular weight excluding hydrogens is 440 g/mol. The van der Waals surface area contributed by atoms with E-state index >= 15 is 0 Å². The maximum absolute atomic E-state index is 13.8. The van der Waals surface area contributed by atoms with Crippen LogP contribution >= 0.6 is 0 Å². The summed E-state index contributed by atoms with van der Waals surface area (Å²) in [5.74, 6) is -4.12. The molecule has 2 saturated heterocycles. The van der Waals surface area contributed by atoms with E-state index in [1.165, 1.54) is 16.0 Å². The van der Waals surface area contributed by atoms with Gasteiger partial charge < -0.3 is 5.11 Å². The molecule has 176 valence electrons. The molecule has 1 aliphatic carbocycles. The van der Waals surface area contributed by atoms with Gasteiger partial charge in [0.1, 0.15) is 5.54 Å². The van der Waals surface area contributed by atoms with Gasteiger partial charge in [-0.15, -0.1) is 0 Å². The Balaban J connectivity index is 1.47. The highest BCUT2D eigenvalue weighted by atomic mass is 16.4. The number of carboxylic acids is 1. The van der Waals surface area contributed by atoms with Gasteiger partial charge in [0, 0.05) is 6.04 Å². The number of hydrogen-bond donors (Lipinski definition) is 2. The molecule has 2 N–H and O–H groups in total. The van der Waals surface area contributed by atoms with Gasteiger partial charge in [0.2, 0.25) is 11.8 Å². The summed E-state index contributed by atoms with van der Waals surface area (Å²) in [5, 5.41) is 13.7. The molecule has 3 aliphatic rings. The second kappa shape index (κ2) is 7.62. The Kier molecular flexibility index (Phi) is 4.73. The molecule has 4 unspecified atom stereocenters. The van der Waals surface area contributed by atoms with Crippen molar-refractivity contribution in [1.29, 1.82) is 0 Å². The molecule has 2 aliphatic heterocycles. The first-order chi connectivity index (χ1) is 16.8. The quantitative estimate of drug-likeness (QED) is 0.441. The molecule has 3 aromatic rings. The van der Waals surface area contributed by atoms with Crippen molar-refractivity contribution in [2.24, 2.45) is 17.8 Å². The Bertz CT molecular complexity index is 1380. The lowest BCUT2D eigenvalue weighted by Crippen LogP contribution is -2.59. The van der Waals surface area contributed by atoms with Gasteiger partial charge in [0.15, 0.2) is 0 Å². The van der Waals surface area contributed by atoms with Crippen LogP contribution in [0.4, 0.5) is 5.69 Å². The van der Waals surface area contributed by atoms with Gasteiger partial charge in [0.05, 0.1) is 17.5 Å². The van der Waals surface area contributed by atoms with Crippen LogP contribution < -0.4 is 10.2 Å².